The minimum absolute atomic E-state index is 0.136. The lowest BCUT2D eigenvalue weighted by Crippen LogP contribution is -2.41. The van der Waals surface area contributed by atoms with Gasteiger partial charge in [-0.05, 0) is 24.5 Å². The van der Waals surface area contributed by atoms with Crippen LogP contribution in [-0.2, 0) is 0 Å². The van der Waals surface area contributed by atoms with E-state index < -0.39 is 0 Å². The summed E-state index contributed by atoms with van der Waals surface area (Å²) in [6.07, 6.45) is 2.58. The van der Waals surface area contributed by atoms with E-state index >= 15 is 0 Å². The summed E-state index contributed by atoms with van der Waals surface area (Å²) in [5.41, 5.74) is -0.0491. The lowest BCUT2D eigenvalue weighted by molar-refractivity contribution is 0.0735. The van der Waals surface area contributed by atoms with Crippen molar-refractivity contribution in [1.82, 2.24) is 15.2 Å². The zero-order valence-electron chi connectivity index (χ0n) is 9.48. The summed E-state index contributed by atoms with van der Waals surface area (Å²) < 4.78 is 0. The number of aromatic amines is 1. The highest BCUT2D eigenvalue weighted by Crippen LogP contribution is 2.27. The van der Waals surface area contributed by atoms with E-state index in [1.807, 2.05) is 4.90 Å². The molecule has 2 aliphatic heterocycles. The number of fused-ring (bicyclic) bond motifs is 1. The van der Waals surface area contributed by atoms with Crippen LogP contribution >= 0.6 is 0 Å². The summed E-state index contributed by atoms with van der Waals surface area (Å²) in [7, 11) is 0. The summed E-state index contributed by atoms with van der Waals surface area (Å²) in [5.74, 6) is 0.421. The molecule has 2 atom stereocenters. The van der Waals surface area contributed by atoms with Gasteiger partial charge in [0.2, 0.25) is 0 Å². The topological polar surface area (TPSA) is 65.2 Å². The van der Waals surface area contributed by atoms with Gasteiger partial charge in [-0.2, -0.15) is 0 Å². The first kappa shape index (κ1) is 10.5. The van der Waals surface area contributed by atoms with Crippen molar-refractivity contribution in [3.63, 3.8) is 0 Å². The van der Waals surface area contributed by atoms with Crippen LogP contribution in [0.1, 0.15) is 16.8 Å². The van der Waals surface area contributed by atoms with Crippen molar-refractivity contribution in [2.75, 3.05) is 19.6 Å². The number of likely N-dealkylation sites (tertiary alicyclic amines) is 1. The molecule has 90 valence electrons. The molecule has 0 spiro atoms. The monoisotopic (exact) mass is 233 g/mol. The van der Waals surface area contributed by atoms with Gasteiger partial charge in [-0.25, -0.2) is 0 Å². The summed E-state index contributed by atoms with van der Waals surface area (Å²) in [5, 5.41) is 3.30. The molecule has 0 unspecified atom stereocenters. The van der Waals surface area contributed by atoms with Crippen LogP contribution in [0.2, 0.25) is 0 Å². The third-order valence-electron chi connectivity index (χ3n) is 3.75. The number of aromatic nitrogens is 1. The standard InChI is InChI=1S/C12H15N3O2/c16-11-9(2-1-4-14-11)12(17)15-5-3-8-6-13-7-10(8)15/h1-2,4,8,10,13H,3,5-7H2,(H,14,16)/t8-,10+/m1/s1. The fourth-order valence-electron chi connectivity index (χ4n) is 2.85. The molecule has 1 amide bonds. The molecular weight excluding hydrogens is 218 g/mol. The summed E-state index contributed by atoms with van der Waals surface area (Å²) in [4.78, 5) is 28.3. The Hall–Kier alpha value is -1.62. The van der Waals surface area contributed by atoms with E-state index in [0.29, 0.717) is 5.92 Å². The third-order valence-corrected chi connectivity index (χ3v) is 3.75. The zero-order chi connectivity index (χ0) is 11.8. The summed E-state index contributed by atoms with van der Waals surface area (Å²) >= 11 is 0. The minimum Gasteiger partial charge on any atom is -0.334 e. The molecule has 2 saturated heterocycles. The van der Waals surface area contributed by atoms with Gasteiger partial charge in [0.25, 0.3) is 11.5 Å². The molecule has 2 N–H and O–H groups in total. The molecular formula is C12H15N3O2. The van der Waals surface area contributed by atoms with Crippen LogP contribution in [0.4, 0.5) is 0 Å². The highest BCUT2D eigenvalue weighted by atomic mass is 16.2. The predicted octanol–water partition coefficient (Wildman–Crippen LogP) is -0.191. The van der Waals surface area contributed by atoms with Gasteiger partial charge in [0, 0.05) is 31.9 Å². The fourth-order valence-corrected chi connectivity index (χ4v) is 2.85. The molecule has 17 heavy (non-hydrogen) atoms. The van der Waals surface area contributed by atoms with Gasteiger partial charge in [0.05, 0.1) is 0 Å². The maximum atomic E-state index is 12.3. The molecule has 2 fully saturated rings. The summed E-state index contributed by atoms with van der Waals surface area (Å²) in [6, 6.07) is 3.55. The Bertz CT molecular complexity index is 497. The Morgan fingerprint density at radius 2 is 2.29 bits per heavy atom. The number of amides is 1. The van der Waals surface area contributed by atoms with Gasteiger partial charge in [0.1, 0.15) is 5.56 Å². The molecule has 0 saturated carbocycles. The van der Waals surface area contributed by atoms with Crippen LogP contribution in [0.25, 0.3) is 0 Å². The van der Waals surface area contributed by atoms with Crippen molar-refractivity contribution >= 4 is 5.91 Å². The number of rotatable bonds is 1. The van der Waals surface area contributed by atoms with Crippen molar-refractivity contribution in [2.24, 2.45) is 5.92 Å². The molecule has 0 aromatic carbocycles. The average Bonchev–Trinajstić information content (AvgIpc) is 2.90. The van der Waals surface area contributed by atoms with E-state index in [2.05, 4.69) is 10.3 Å². The molecule has 3 heterocycles. The number of H-pyrrole nitrogens is 1. The van der Waals surface area contributed by atoms with Crippen molar-refractivity contribution in [2.45, 2.75) is 12.5 Å². The molecule has 1 aromatic rings. The van der Waals surface area contributed by atoms with Crippen LogP contribution in [-0.4, -0.2) is 41.5 Å². The zero-order valence-corrected chi connectivity index (χ0v) is 9.48. The van der Waals surface area contributed by atoms with Crippen LogP contribution in [0.15, 0.2) is 23.1 Å². The van der Waals surface area contributed by atoms with Crippen molar-refractivity contribution < 1.29 is 4.79 Å². The molecule has 5 heteroatoms. The van der Waals surface area contributed by atoms with Crippen LogP contribution in [0.5, 0.6) is 0 Å². The van der Waals surface area contributed by atoms with Crippen LogP contribution in [0.3, 0.4) is 0 Å². The number of hydrogen-bond acceptors (Lipinski definition) is 3. The molecule has 1 aromatic heterocycles. The molecule has 0 bridgehead atoms. The van der Waals surface area contributed by atoms with Gasteiger partial charge in [-0.15, -0.1) is 0 Å². The highest BCUT2D eigenvalue weighted by Gasteiger charge is 2.40. The maximum absolute atomic E-state index is 12.3. The fraction of sp³-hybridized carbons (Fsp3) is 0.500. The first-order valence-electron chi connectivity index (χ1n) is 5.97. The minimum atomic E-state index is -0.299. The third kappa shape index (κ3) is 1.67. The molecule has 0 aliphatic carbocycles. The van der Waals surface area contributed by atoms with Gasteiger partial charge in [-0.3, -0.25) is 9.59 Å². The number of nitrogens with one attached hydrogen (secondary N) is 2. The SMILES string of the molecule is O=C(c1ccc[nH]c1=O)N1CC[C@@H]2CNC[C@@H]21. The van der Waals surface area contributed by atoms with E-state index in [9.17, 15) is 9.59 Å². The first-order chi connectivity index (χ1) is 8.27. The van der Waals surface area contributed by atoms with Crippen LogP contribution in [0, 0.1) is 5.92 Å². The quantitative estimate of drug-likeness (QED) is 0.706. The smallest absolute Gasteiger partial charge is 0.260 e. The second kappa shape index (κ2) is 4.00. The van der Waals surface area contributed by atoms with Crippen LogP contribution < -0.4 is 10.9 Å². The number of nitrogens with zero attached hydrogens (tertiary/aromatic N) is 1. The molecule has 0 radical (unpaired) electrons. The number of pyridine rings is 1. The Morgan fingerprint density at radius 1 is 1.41 bits per heavy atom. The molecule has 2 aliphatic rings. The maximum Gasteiger partial charge on any atom is 0.260 e. The second-order valence-corrected chi connectivity index (χ2v) is 4.69. The van der Waals surface area contributed by atoms with E-state index in [1.165, 1.54) is 0 Å². The Kier molecular flexibility index (Phi) is 2.48. The predicted molar refractivity (Wildman–Crippen MR) is 62.9 cm³/mol. The lowest BCUT2D eigenvalue weighted by Gasteiger charge is -2.22. The van der Waals surface area contributed by atoms with Crippen molar-refractivity contribution in [1.29, 1.82) is 0 Å². The Labute approximate surface area is 98.8 Å². The second-order valence-electron chi connectivity index (χ2n) is 4.69. The van der Waals surface area contributed by atoms with Gasteiger partial charge in [0.15, 0.2) is 0 Å². The average molecular weight is 233 g/mol. The lowest BCUT2D eigenvalue weighted by atomic mass is 10.0. The van der Waals surface area contributed by atoms with E-state index in [4.69, 9.17) is 0 Å². The molecule has 3 rings (SSSR count). The normalized spacial score (nSPS) is 27.2. The highest BCUT2D eigenvalue weighted by molar-refractivity contribution is 5.94. The van der Waals surface area contributed by atoms with E-state index in [1.54, 1.807) is 18.3 Å². The van der Waals surface area contributed by atoms with Gasteiger partial charge < -0.3 is 15.2 Å². The van der Waals surface area contributed by atoms with E-state index in [0.717, 1.165) is 26.1 Å². The molecule has 5 nitrogen and oxygen atoms in total. The van der Waals surface area contributed by atoms with Gasteiger partial charge in [-0.1, -0.05) is 0 Å². The Balaban J connectivity index is 1.88. The van der Waals surface area contributed by atoms with Crippen molar-refractivity contribution in [3.8, 4) is 0 Å². The van der Waals surface area contributed by atoms with Gasteiger partial charge >= 0.3 is 0 Å². The number of carbonyl (C=O) groups excluding carboxylic acids is 1. The number of carbonyl (C=O) groups is 1. The Morgan fingerprint density at radius 3 is 3.12 bits per heavy atom. The van der Waals surface area contributed by atoms with Crippen molar-refractivity contribution in [3.05, 3.63) is 34.2 Å². The van der Waals surface area contributed by atoms with E-state index in [-0.39, 0.29) is 23.1 Å². The number of hydrogen-bond donors (Lipinski definition) is 2. The first-order valence-corrected chi connectivity index (χ1v) is 5.97. The summed E-state index contributed by atoms with van der Waals surface area (Å²) in [6.45, 7) is 2.60. The largest absolute Gasteiger partial charge is 0.334 e.